The molecule has 0 aliphatic heterocycles. The highest BCUT2D eigenvalue weighted by atomic mass is 74.9. The molecule has 1 rings (SSSR count). The molecule has 0 unspecified atom stereocenters. The molecule has 14 heavy (non-hydrogen) atoms. The molecule has 0 heterocycles. The minimum Gasteiger partial charge on any atom is -0.508 e. The van der Waals surface area contributed by atoms with Gasteiger partial charge >= 0.3 is 5.97 Å². The molecule has 0 amide bonds. The van der Waals surface area contributed by atoms with E-state index >= 15 is 0 Å². The third-order valence-electron chi connectivity index (χ3n) is 1.79. The minimum absolute atomic E-state index is 0.129. The van der Waals surface area contributed by atoms with Gasteiger partial charge in [0.15, 0.2) is 0 Å². The van der Waals surface area contributed by atoms with Crippen LogP contribution in [0.5, 0.6) is 5.75 Å². The highest BCUT2D eigenvalue weighted by molar-refractivity contribution is 9.10. The number of rotatable bonds is 3. The molecule has 0 radical (unpaired) electrons. The van der Waals surface area contributed by atoms with E-state index in [4.69, 9.17) is 15.9 Å². The van der Waals surface area contributed by atoms with Crippen LogP contribution >= 0.6 is 15.9 Å². The summed E-state index contributed by atoms with van der Waals surface area (Å²) in [5.41, 5.74) is 6.13. The van der Waals surface area contributed by atoms with E-state index in [9.17, 15) is 4.79 Å². The van der Waals surface area contributed by atoms with E-state index in [-0.39, 0.29) is 12.2 Å². The second-order valence-corrected chi connectivity index (χ2v) is 3.78. The number of carboxylic acids is 1. The molecule has 76 valence electrons. The van der Waals surface area contributed by atoms with E-state index < -0.39 is 12.0 Å². The summed E-state index contributed by atoms with van der Waals surface area (Å²) >= 11 is 3.22. The van der Waals surface area contributed by atoms with Crippen LogP contribution in [0.1, 0.15) is 5.56 Å². The maximum atomic E-state index is 10.5. The van der Waals surface area contributed by atoms with Crippen LogP contribution in [0.15, 0.2) is 22.7 Å². The van der Waals surface area contributed by atoms with Crippen molar-refractivity contribution in [3.63, 3.8) is 0 Å². The standard InChI is InChI=1S/C9H10BrNO3/c10-7-4-6(12)2-1-5(7)3-8(11)9(13)14/h1-2,4,8,12H,3,11H2,(H,13,14)/t8-/m1/s1/i10-5. The first kappa shape index (κ1) is 11.0. The van der Waals surface area contributed by atoms with E-state index in [0.717, 1.165) is 5.56 Å². The molecule has 4 N–H and O–H groups in total. The van der Waals surface area contributed by atoms with Crippen LogP contribution < -0.4 is 5.73 Å². The van der Waals surface area contributed by atoms with Gasteiger partial charge in [-0.05, 0) is 24.1 Å². The summed E-state index contributed by atoms with van der Waals surface area (Å²) in [4.78, 5) is 10.5. The largest absolute Gasteiger partial charge is 0.508 e. The van der Waals surface area contributed by atoms with Crippen molar-refractivity contribution in [3.8, 4) is 5.75 Å². The average Bonchev–Trinajstić information content (AvgIpc) is 2.09. The number of aromatic hydroxyl groups is 1. The van der Waals surface area contributed by atoms with Crippen molar-refractivity contribution < 1.29 is 15.0 Å². The molecule has 1 atom stereocenters. The molecule has 1 aromatic carbocycles. The van der Waals surface area contributed by atoms with Gasteiger partial charge in [0.25, 0.3) is 0 Å². The summed E-state index contributed by atoms with van der Waals surface area (Å²) < 4.78 is 0.661. The second kappa shape index (κ2) is 4.43. The van der Waals surface area contributed by atoms with E-state index in [0.29, 0.717) is 4.47 Å². The summed E-state index contributed by atoms with van der Waals surface area (Å²) in [6, 6.07) is 3.72. The Labute approximate surface area is 89.5 Å². The fourth-order valence-electron chi connectivity index (χ4n) is 1.03. The Morgan fingerprint density at radius 1 is 1.57 bits per heavy atom. The molecule has 1 aromatic rings. The Morgan fingerprint density at radius 2 is 2.21 bits per heavy atom. The van der Waals surface area contributed by atoms with Gasteiger partial charge in [0.1, 0.15) is 11.8 Å². The van der Waals surface area contributed by atoms with Crippen LogP contribution in [0.4, 0.5) is 0 Å². The molecule has 4 nitrogen and oxygen atoms in total. The molecule has 0 spiro atoms. The number of carboxylic acid groups (broad SMARTS) is 1. The van der Waals surface area contributed by atoms with E-state index in [1.807, 2.05) is 0 Å². The predicted molar refractivity (Wildman–Crippen MR) is 55.1 cm³/mol. The van der Waals surface area contributed by atoms with Crippen molar-refractivity contribution in [2.45, 2.75) is 12.5 Å². The molecule has 0 aliphatic carbocycles. The van der Waals surface area contributed by atoms with Crippen LogP contribution in [0.25, 0.3) is 0 Å². The number of benzene rings is 1. The van der Waals surface area contributed by atoms with Gasteiger partial charge in [0.05, 0.1) is 0 Å². The second-order valence-electron chi connectivity index (χ2n) is 2.92. The van der Waals surface area contributed by atoms with Gasteiger partial charge in [0, 0.05) is 4.47 Å². The molecule has 0 aliphatic rings. The van der Waals surface area contributed by atoms with Gasteiger partial charge in [-0.25, -0.2) is 0 Å². The number of hydrogen-bond acceptors (Lipinski definition) is 3. The van der Waals surface area contributed by atoms with Gasteiger partial charge in [-0.1, -0.05) is 22.0 Å². The molecule has 0 saturated carbocycles. The maximum absolute atomic E-state index is 10.5. The maximum Gasteiger partial charge on any atom is 0.320 e. The third-order valence-corrected chi connectivity index (χ3v) is 2.53. The zero-order valence-corrected chi connectivity index (χ0v) is 8.86. The lowest BCUT2D eigenvalue weighted by atomic mass is 10.1. The number of carbonyl (C=O) groups is 1. The highest BCUT2D eigenvalue weighted by Crippen LogP contribution is 2.22. The first-order valence-corrected chi connectivity index (χ1v) is 4.76. The normalized spacial score (nSPS) is 12.4. The fraction of sp³-hybridized carbons (Fsp3) is 0.222. The Bertz CT molecular complexity index is 354. The van der Waals surface area contributed by atoms with Crippen molar-refractivity contribution in [1.29, 1.82) is 0 Å². The number of phenolic OH excluding ortho intramolecular Hbond substituents is 1. The molecule has 0 fully saturated rings. The third kappa shape index (κ3) is 2.71. The van der Waals surface area contributed by atoms with Gasteiger partial charge in [-0.15, -0.1) is 0 Å². The SMILES string of the molecule is N[C@H](Cc1ccc(O)cc1[75Br])C(=O)O. The average molecular weight is 255 g/mol. The van der Waals surface area contributed by atoms with Crippen LogP contribution in [0.3, 0.4) is 0 Å². The molecular weight excluding hydrogens is 245 g/mol. The van der Waals surface area contributed by atoms with E-state index in [1.54, 1.807) is 6.07 Å². The summed E-state index contributed by atoms with van der Waals surface area (Å²) in [5, 5.41) is 17.7. The van der Waals surface area contributed by atoms with Crippen molar-refractivity contribution in [2.75, 3.05) is 0 Å². The van der Waals surface area contributed by atoms with Crippen LogP contribution in [0, 0.1) is 0 Å². The van der Waals surface area contributed by atoms with Gasteiger partial charge in [-0.2, -0.15) is 0 Å². The summed E-state index contributed by atoms with van der Waals surface area (Å²) in [6.45, 7) is 0. The highest BCUT2D eigenvalue weighted by Gasteiger charge is 2.13. The topological polar surface area (TPSA) is 83.5 Å². The van der Waals surface area contributed by atoms with E-state index in [2.05, 4.69) is 15.9 Å². The number of halogens is 1. The molecule has 0 saturated heterocycles. The fourth-order valence-corrected chi connectivity index (χ4v) is 1.55. The van der Waals surface area contributed by atoms with Crippen molar-refractivity contribution in [1.82, 2.24) is 0 Å². The van der Waals surface area contributed by atoms with Gasteiger partial charge in [0.2, 0.25) is 0 Å². The Kier molecular flexibility index (Phi) is 3.49. The predicted octanol–water partition coefficient (Wildman–Crippen LogP) is 1.11. The first-order chi connectivity index (χ1) is 6.50. The summed E-state index contributed by atoms with van der Waals surface area (Å²) in [7, 11) is 0. The van der Waals surface area contributed by atoms with Gasteiger partial charge < -0.3 is 15.9 Å². The smallest absolute Gasteiger partial charge is 0.320 e. The summed E-state index contributed by atoms with van der Waals surface area (Å²) in [6.07, 6.45) is 0.232. The van der Waals surface area contributed by atoms with Crippen LogP contribution in [-0.2, 0) is 11.2 Å². The number of phenols is 1. The van der Waals surface area contributed by atoms with Crippen LogP contribution in [-0.4, -0.2) is 22.2 Å². The molecule has 0 aromatic heterocycles. The lowest BCUT2D eigenvalue weighted by Crippen LogP contribution is -2.32. The van der Waals surface area contributed by atoms with E-state index in [1.165, 1.54) is 12.1 Å². The minimum atomic E-state index is -1.04. The Balaban J connectivity index is 2.82. The number of hydrogen-bond donors (Lipinski definition) is 3. The first-order valence-electron chi connectivity index (χ1n) is 3.96. The Morgan fingerprint density at radius 3 is 2.71 bits per heavy atom. The number of aliphatic carboxylic acids is 1. The van der Waals surface area contributed by atoms with Crippen molar-refractivity contribution in [2.24, 2.45) is 5.73 Å². The molecule has 5 heteroatoms. The quantitative estimate of drug-likeness (QED) is 0.755. The molecule has 0 bridgehead atoms. The van der Waals surface area contributed by atoms with Crippen molar-refractivity contribution >= 4 is 21.9 Å². The lowest BCUT2D eigenvalue weighted by molar-refractivity contribution is -0.138. The lowest BCUT2D eigenvalue weighted by Gasteiger charge is -2.08. The Hall–Kier alpha value is -1.07. The van der Waals surface area contributed by atoms with Gasteiger partial charge in [-0.3, -0.25) is 4.79 Å². The summed E-state index contributed by atoms with van der Waals surface area (Å²) in [5.74, 6) is -0.908. The monoisotopic (exact) mass is 255 g/mol. The number of nitrogens with two attached hydrogens (primary N) is 1. The zero-order chi connectivity index (χ0) is 10.7. The zero-order valence-electron chi connectivity index (χ0n) is 7.27. The van der Waals surface area contributed by atoms with Crippen LogP contribution in [0.2, 0.25) is 0 Å². The molecular formula is C9H10BrNO3. The van der Waals surface area contributed by atoms with Crippen molar-refractivity contribution in [3.05, 3.63) is 28.2 Å².